The number of rotatable bonds is 7. The van der Waals surface area contributed by atoms with E-state index < -0.39 is 23.4 Å². The molecule has 0 spiro atoms. The maximum absolute atomic E-state index is 12.2. The Morgan fingerprint density at radius 1 is 1.11 bits per heavy atom. The number of hydrogen-bond acceptors (Lipinski definition) is 5. The predicted octanol–water partition coefficient (Wildman–Crippen LogP) is 3.82. The third kappa shape index (κ3) is 4.91. The Labute approximate surface area is 157 Å². The van der Waals surface area contributed by atoms with E-state index in [1.165, 1.54) is 25.1 Å². The molecule has 142 valence electrons. The molecule has 0 atom stereocenters. The van der Waals surface area contributed by atoms with Gasteiger partial charge >= 0.3 is 5.97 Å². The van der Waals surface area contributed by atoms with Crippen LogP contribution in [-0.4, -0.2) is 23.4 Å². The van der Waals surface area contributed by atoms with Crippen LogP contribution in [0, 0.1) is 17.0 Å². The van der Waals surface area contributed by atoms with Crippen LogP contribution in [0.15, 0.2) is 36.4 Å². The van der Waals surface area contributed by atoms with Crippen LogP contribution in [0.25, 0.3) is 0 Å². The molecule has 2 aromatic carbocycles. The van der Waals surface area contributed by atoms with Gasteiger partial charge in [0.2, 0.25) is 0 Å². The van der Waals surface area contributed by atoms with Crippen molar-refractivity contribution in [2.75, 3.05) is 11.9 Å². The molecule has 0 bridgehead atoms. The van der Waals surface area contributed by atoms with E-state index in [1.807, 2.05) is 32.0 Å². The Hall–Kier alpha value is -3.22. The Morgan fingerprint density at radius 2 is 1.74 bits per heavy atom. The molecule has 0 unspecified atom stereocenters. The molecular formula is C20H22N2O5. The summed E-state index contributed by atoms with van der Waals surface area (Å²) in [6.07, 6.45) is 1.54. The zero-order valence-electron chi connectivity index (χ0n) is 15.6. The fourth-order valence-corrected chi connectivity index (χ4v) is 2.78. The highest BCUT2D eigenvalue weighted by molar-refractivity contribution is 5.96. The molecule has 0 heterocycles. The number of hydrogen-bond donors (Lipinski definition) is 1. The number of amides is 1. The first-order valence-electron chi connectivity index (χ1n) is 8.70. The third-order valence-electron chi connectivity index (χ3n) is 4.23. The van der Waals surface area contributed by atoms with E-state index in [0.29, 0.717) is 5.56 Å². The standard InChI is InChI=1S/C20H22N2O5/c1-4-14-7-6-8-15(5-2)19(14)21-18(23)12-27-20(24)16-9-10-17(22(25)26)13(3)11-16/h6-11H,4-5,12H2,1-3H3,(H,21,23). The highest BCUT2D eigenvalue weighted by atomic mass is 16.6. The molecular weight excluding hydrogens is 348 g/mol. The summed E-state index contributed by atoms with van der Waals surface area (Å²) in [4.78, 5) is 34.6. The van der Waals surface area contributed by atoms with E-state index in [4.69, 9.17) is 4.74 Å². The number of ether oxygens (including phenoxy) is 1. The van der Waals surface area contributed by atoms with Crippen molar-refractivity contribution in [3.05, 3.63) is 68.8 Å². The molecule has 1 N–H and O–H groups in total. The number of aryl methyl sites for hydroxylation is 3. The van der Waals surface area contributed by atoms with Crippen molar-refractivity contribution in [1.29, 1.82) is 0 Å². The van der Waals surface area contributed by atoms with Gasteiger partial charge in [-0.1, -0.05) is 32.0 Å². The zero-order chi connectivity index (χ0) is 20.0. The van der Waals surface area contributed by atoms with Gasteiger partial charge in [-0.05, 0) is 43.0 Å². The minimum absolute atomic E-state index is 0.0763. The van der Waals surface area contributed by atoms with Gasteiger partial charge in [0, 0.05) is 17.3 Å². The van der Waals surface area contributed by atoms with Gasteiger partial charge in [-0.2, -0.15) is 0 Å². The van der Waals surface area contributed by atoms with Crippen LogP contribution in [-0.2, 0) is 22.4 Å². The average molecular weight is 370 g/mol. The number of benzene rings is 2. The highest BCUT2D eigenvalue weighted by Gasteiger charge is 2.16. The van der Waals surface area contributed by atoms with Crippen molar-refractivity contribution in [2.45, 2.75) is 33.6 Å². The minimum Gasteiger partial charge on any atom is -0.452 e. The molecule has 2 aromatic rings. The molecule has 0 aromatic heterocycles. The van der Waals surface area contributed by atoms with E-state index in [0.717, 1.165) is 29.7 Å². The fraction of sp³-hybridized carbons (Fsp3) is 0.300. The number of esters is 1. The summed E-state index contributed by atoms with van der Waals surface area (Å²) in [5.41, 5.74) is 3.22. The lowest BCUT2D eigenvalue weighted by Gasteiger charge is -2.14. The van der Waals surface area contributed by atoms with Crippen LogP contribution < -0.4 is 5.32 Å². The third-order valence-corrected chi connectivity index (χ3v) is 4.23. The number of carbonyl (C=O) groups excluding carboxylic acids is 2. The Morgan fingerprint density at radius 3 is 2.26 bits per heavy atom. The van der Waals surface area contributed by atoms with Crippen molar-refractivity contribution < 1.29 is 19.2 Å². The molecule has 0 saturated heterocycles. The fourth-order valence-electron chi connectivity index (χ4n) is 2.78. The first kappa shape index (κ1) is 20.1. The number of anilines is 1. The lowest BCUT2D eigenvalue weighted by Crippen LogP contribution is -2.22. The van der Waals surface area contributed by atoms with Gasteiger partial charge in [-0.15, -0.1) is 0 Å². The Bertz CT molecular complexity index is 854. The number of carbonyl (C=O) groups is 2. The second kappa shape index (κ2) is 8.93. The smallest absolute Gasteiger partial charge is 0.338 e. The summed E-state index contributed by atoms with van der Waals surface area (Å²) in [5, 5.41) is 13.7. The predicted molar refractivity (Wildman–Crippen MR) is 102 cm³/mol. The van der Waals surface area contributed by atoms with E-state index in [1.54, 1.807) is 0 Å². The van der Waals surface area contributed by atoms with Crippen molar-refractivity contribution in [3.8, 4) is 0 Å². The van der Waals surface area contributed by atoms with Gasteiger partial charge in [0.05, 0.1) is 10.5 Å². The number of nitro groups is 1. The Balaban J connectivity index is 2.03. The summed E-state index contributed by atoms with van der Waals surface area (Å²) in [5.74, 6) is -1.14. The quantitative estimate of drug-likeness (QED) is 0.454. The molecule has 27 heavy (non-hydrogen) atoms. The highest BCUT2D eigenvalue weighted by Crippen LogP contribution is 2.23. The maximum Gasteiger partial charge on any atom is 0.338 e. The Kier molecular flexibility index (Phi) is 6.65. The largest absolute Gasteiger partial charge is 0.452 e. The summed E-state index contributed by atoms with van der Waals surface area (Å²) in [6.45, 7) is 5.11. The number of nitro benzene ring substituents is 1. The van der Waals surface area contributed by atoms with Gasteiger partial charge in [0.15, 0.2) is 6.61 Å². The van der Waals surface area contributed by atoms with Gasteiger partial charge in [-0.25, -0.2) is 4.79 Å². The molecule has 0 saturated carbocycles. The lowest BCUT2D eigenvalue weighted by molar-refractivity contribution is -0.385. The first-order valence-corrected chi connectivity index (χ1v) is 8.70. The van der Waals surface area contributed by atoms with Crippen molar-refractivity contribution in [2.24, 2.45) is 0 Å². The molecule has 0 aliphatic rings. The normalized spacial score (nSPS) is 10.3. The van der Waals surface area contributed by atoms with Crippen LogP contribution in [0.3, 0.4) is 0 Å². The van der Waals surface area contributed by atoms with Gasteiger partial charge < -0.3 is 10.1 Å². The molecule has 7 heteroatoms. The van der Waals surface area contributed by atoms with Crippen LogP contribution in [0.1, 0.15) is 40.9 Å². The molecule has 0 radical (unpaired) electrons. The molecule has 0 fully saturated rings. The topological polar surface area (TPSA) is 98.5 Å². The maximum atomic E-state index is 12.2. The van der Waals surface area contributed by atoms with E-state index in [2.05, 4.69) is 5.32 Å². The van der Waals surface area contributed by atoms with Crippen molar-refractivity contribution in [1.82, 2.24) is 0 Å². The van der Waals surface area contributed by atoms with Crippen LogP contribution in [0.5, 0.6) is 0 Å². The molecule has 0 aliphatic carbocycles. The monoisotopic (exact) mass is 370 g/mol. The van der Waals surface area contributed by atoms with E-state index in [9.17, 15) is 19.7 Å². The SMILES string of the molecule is CCc1cccc(CC)c1NC(=O)COC(=O)c1ccc([N+](=O)[O-])c(C)c1. The average Bonchev–Trinajstić information content (AvgIpc) is 2.65. The summed E-state index contributed by atoms with van der Waals surface area (Å²) >= 11 is 0. The van der Waals surface area contributed by atoms with Gasteiger partial charge in [0.25, 0.3) is 11.6 Å². The van der Waals surface area contributed by atoms with E-state index >= 15 is 0 Å². The van der Waals surface area contributed by atoms with Gasteiger partial charge in [-0.3, -0.25) is 14.9 Å². The van der Waals surface area contributed by atoms with Crippen LogP contribution in [0.4, 0.5) is 11.4 Å². The molecule has 2 rings (SSSR count). The summed E-state index contributed by atoms with van der Waals surface area (Å²) in [6, 6.07) is 9.77. The second-order valence-corrected chi connectivity index (χ2v) is 6.04. The van der Waals surface area contributed by atoms with E-state index in [-0.39, 0.29) is 11.3 Å². The lowest BCUT2D eigenvalue weighted by atomic mass is 10.0. The van der Waals surface area contributed by atoms with Crippen LogP contribution >= 0.6 is 0 Å². The summed E-state index contributed by atoms with van der Waals surface area (Å²) < 4.78 is 5.04. The number of nitrogens with one attached hydrogen (secondary N) is 1. The summed E-state index contributed by atoms with van der Waals surface area (Å²) in [7, 11) is 0. The zero-order valence-corrected chi connectivity index (χ0v) is 15.6. The molecule has 7 nitrogen and oxygen atoms in total. The van der Waals surface area contributed by atoms with Crippen molar-refractivity contribution in [3.63, 3.8) is 0 Å². The van der Waals surface area contributed by atoms with Crippen molar-refractivity contribution >= 4 is 23.3 Å². The number of nitrogens with zero attached hydrogens (tertiary/aromatic N) is 1. The number of para-hydroxylation sites is 1. The van der Waals surface area contributed by atoms with Crippen LogP contribution in [0.2, 0.25) is 0 Å². The second-order valence-electron chi connectivity index (χ2n) is 6.04. The minimum atomic E-state index is -0.706. The van der Waals surface area contributed by atoms with Gasteiger partial charge in [0.1, 0.15) is 0 Å². The molecule has 1 amide bonds. The first-order chi connectivity index (χ1) is 12.9. The molecule has 0 aliphatic heterocycles.